The van der Waals surface area contributed by atoms with Gasteiger partial charge in [0.25, 0.3) is 5.91 Å². The first-order valence-corrected chi connectivity index (χ1v) is 14.9. The van der Waals surface area contributed by atoms with E-state index in [1.165, 1.54) is 11.8 Å². The summed E-state index contributed by atoms with van der Waals surface area (Å²) in [4.78, 5) is 62.1. The number of benzene rings is 4. The van der Waals surface area contributed by atoms with Gasteiger partial charge in [0.1, 0.15) is 5.25 Å². The summed E-state index contributed by atoms with van der Waals surface area (Å²) >= 11 is 1.29. The largest absolute Gasteiger partial charge is 0.478 e. The molecule has 0 aliphatic carbocycles. The summed E-state index contributed by atoms with van der Waals surface area (Å²) in [6.45, 7) is 2.36. The lowest BCUT2D eigenvalue weighted by Crippen LogP contribution is -2.19. The molecule has 1 atom stereocenters. The molecule has 0 aliphatic heterocycles. The van der Waals surface area contributed by atoms with Gasteiger partial charge in [-0.05, 0) is 78.7 Å². The molecule has 0 aromatic heterocycles. The Kier molecular flexibility index (Phi) is 11.1. The Morgan fingerprint density at radius 1 is 0.733 bits per heavy atom. The zero-order chi connectivity index (χ0) is 32.3. The SMILES string of the molecule is CCCCOC(=O)c1ccc(NC(=O)C(Sc2ccc(NC(=O)c3ccc(C(=O)O)cc3C(=O)O)cc2)c2ccccc2)cc1. The van der Waals surface area contributed by atoms with Crippen molar-refractivity contribution in [3.05, 3.63) is 125 Å². The van der Waals surface area contributed by atoms with E-state index >= 15 is 0 Å². The minimum Gasteiger partial charge on any atom is -0.478 e. The number of carbonyl (C=O) groups excluding carboxylic acids is 3. The molecule has 0 aliphatic rings. The molecule has 0 fully saturated rings. The predicted octanol–water partition coefficient (Wildman–Crippen LogP) is 6.76. The minimum atomic E-state index is -1.43. The molecule has 0 radical (unpaired) electrons. The molecule has 10 nitrogen and oxygen atoms in total. The lowest BCUT2D eigenvalue weighted by molar-refractivity contribution is -0.115. The number of anilines is 2. The number of esters is 1. The Bertz CT molecular complexity index is 1690. The van der Waals surface area contributed by atoms with Crippen LogP contribution in [0.4, 0.5) is 11.4 Å². The number of amides is 2. The van der Waals surface area contributed by atoms with Gasteiger partial charge in [-0.3, -0.25) is 9.59 Å². The number of hydrogen-bond donors (Lipinski definition) is 4. The molecular formula is C34H30N2O8S. The number of ether oxygens (including phenoxy) is 1. The molecule has 0 bridgehead atoms. The maximum atomic E-state index is 13.5. The third-order valence-electron chi connectivity index (χ3n) is 6.57. The number of thioether (sulfide) groups is 1. The van der Waals surface area contributed by atoms with E-state index in [-0.39, 0.29) is 17.0 Å². The summed E-state index contributed by atoms with van der Waals surface area (Å²) < 4.78 is 5.23. The van der Waals surface area contributed by atoms with Crippen molar-refractivity contribution in [3.8, 4) is 0 Å². The van der Waals surface area contributed by atoms with Gasteiger partial charge >= 0.3 is 17.9 Å². The molecule has 11 heteroatoms. The van der Waals surface area contributed by atoms with Crippen molar-refractivity contribution in [2.24, 2.45) is 0 Å². The fraction of sp³-hybridized carbons (Fsp3) is 0.147. The second kappa shape index (κ2) is 15.3. The van der Waals surface area contributed by atoms with E-state index in [1.54, 1.807) is 48.5 Å². The fourth-order valence-electron chi connectivity index (χ4n) is 4.19. The number of carboxylic acids is 2. The van der Waals surface area contributed by atoms with Gasteiger partial charge in [-0.1, -0.05) is 43.7 Å². The van der Waals surface area contributed by atoms with Crippen LogP contribution < -0.4 is 10.6 Å². The first-order chi connectivity index (χ1) is 21.7. The molecule has 2 amide bonds. The van der Waals surface area contributed by atoms with Crippen molar-refractivity contribution in [3.63, 3.8) is 0 Å². The first-order valence-electron chi connectivity index (χ1n) is 14.0. The van der Waals surface area contributed by atoms with Crippen LogP contribution in [0.1, 0.15) is 72.0 Å². The Morgan fingerprint density at radius 2 is 1.36 bits per heavy atom. The second-order valence-electron chi connectivity index (χ2n) is 9.81. The van der Waals surface area contributed by atoms with Gasteiger partial charge in [0.05, 0.1) is 28.9 Å². The van der Waals surface area contributed by atoms with E-state index in [9.17, 15) is 29.1 Å². The number of carboxylic acid groups (broad SMARTS) is 2. The normalized spacial score (nSPS) is 11.2. The van der Waals surface area contributed by atoms with E-state index in [1.807, 2.05) is 37.3 Å². The van der Waals surface area contributed by atoms with Crippen LogP contribution >= 0.6 is 11.8 Å². The Morgan fingerprint density at radius 3 is 1.98 bits per heavy atom. The fourth-order valence-corrected chi connectivity index (χ4v) is 5.22. The van der Waals surface area contributed by atoms with E-state index in [2.05, 4.69) is 10.6 Å². The van der Waals surface area contributed by atoms with Crippen LogP contribution in [0.2, 0.25) is 0 Å². The zero-order valence-electron chi connectivity index (χ0n) is 24.2. The highest BCUT2D eigenvalue weighted by Gasteiger charge is 2.23. The average Bonchev–Trinajstić information content (AvgIpc) is 3.04. The summed E-state index contributed by atoms with van der Waals surface area (Å²) in [5.41, 5.74) is 1.17. The topological polar surface area (TPSA) is 159 Å². The quantitative estimate of drug-likeness (QED) is 0.0714. The molecule has 0 saturated heterocycles. The molecule has 0 saturated carbocycles. The lowest BCUT2D eigenvalue weighted by atomic mass is 10.0. The summed E-state index contributed by atoms with van der Waals surface area (Å²) in [6.07, 6.45) is 1.70. The van der Waals surface area contributed by atoms with Crippen molar-refractivity contribution in [1.29, 1.82) is 0 Å². The van der Waals surface area contributed by atoms with Crippen LogP contribution in [0.25, 0.3) is 0 Å². The van der Waals surface area contributed by atoms with Crippen LogP contribution in [-0.2, 0) is 9.53 Å². The highest BCUT2D eigenvalue weighted by atomic mass is 32.2. The standard InChI is InChI=1S/C34H30N2O8S/c1-2-3-19-44-34(43)22-9-12-24(13-10-22)36-31(38)29(21-7-5-4-6-8-21)45-26-16-14-25(15-17-26)35-30(37)27-18-11-23(32(39)40)20-28(27)33(41)42/h4-18,20,29H,2-3,19H2,1H3,(H,35,37)(H,36,38)(H,39,40)(H,41,42). The summed E-state index contributed by atoms with van der Waals surface area (Å²) in [6, 6.07) is 25.6. The average molecular weight is 627 g/mol. The van der Waals surface area contributed by atoms with Gasteiger partial charge in [-0.25, -0.2) is 14.4 Å². The highest BCUT2D eigenvalue weighted by Crippen LogP contribution is 2.37. The number of hydrogen-bond acceptors (Lipinski definition) is 7. The molecular weight excluding hydrogens is 596 g/mol. The van der Waals surface area contributed by atoms with E-state index < -0.39 is 34.6 Å². The number of carbonyl (C=O) groups is 5. The van der Waals surface area contributed by atoms with Crippen molar-refractivity contribution >= 4 is 52.9 Å². The van der Waals surface area contributed by atoms with Crippen molar-refractivity contribution in [2.45, 2.75) is 29.9 Å². The van der Waals surface area contributed by atoms with Crippen LogP contribution in [-0.4, -0.2) is 46.5 Å². The number of unbranched alkanes of at least 4 members (excludes halogenated alkanes) is 1. The molecule has 1 unspecified atom stereocenters. The minimum absolute atomic E-state index is 0.187. The highest BCUT2D eigenvalue weighted by molar-refractivity contribution is 8.00. The Labute approximate surface area is 263 Å². The number of aromatic carboxylic acids is 2. The molecule has 45 heavy (non-hydrogen) atoms. The van der Waals surface area contributed by atoms with Gasteiger partial charge in [0, 0.05) is 16.3 Å². The molecule has 4 N–H and O–H groups in total. The van der Waals surface area contributed by atoms with Crippen LogP contribution in [0.15, 0.2) is 102 Å². The van der Waals surface area contributed by atoms with E-state index in [0.717, 1.165) is 41.5 Å². The molecule has 4 aromatic carbocycles. The second-order valence-corrected chi connectivity index (χ2v) is 11.0. The zero-order valence-corrected chi connectivity index (χ0v) is 25.0. The van der Waals surface area contributed by atoms with Crippen molar-refractivity contribution in [2.75, 3.05) is 17.2 Å². The van der Waals surface area contributed by atoms with E-state index in [4.69, 9.17) is 9.84 Å². The summed E-state index contributed by atoms with van der Waals surface area (Å²) in [5, 5.41) is 23.5. The molecule has 4 aromatic rings. The van der Waals surface area contributed by atoms with Gasteiger partial charge in [0.2, 0.25) is 5.91 Å². The van der Waals surface area contributed by atoms with Gasteiger partial charge < -0.3 is 25.6 Å². The Hall–Kier alpha value is -5.42. The van der Waals surface area contributed by atoms with Gasteiger partial charge in [0.15, 0.2) is 0 Å². The maximum absolute atomic E-state index is 13.5. The van der Waals surface area contributed by atoms with Crippen LogP contribution in [0, 0.1) is 0 Å². The van der Waals surface area contributed by atoms with Crippen molar-refractivity contribution < 1.29 is 38.9 Å². The summed E-state index contributed by atoms with van der Waals surface area (Å²) in [7, 11) is 0. The molecule has 230 valence electrons. The molecule has 0 spiro atoms. The third-order valence-corrected chi connectivity index (χ3v) is 7.83. The van der Waals surface area contributed by atoms with Gasteiger partial charge in [-0.15, -0.1) is 11.8 Å². The van der Waals surface area contributed by atoms with E-state index in [0.29, 0.717) is 23.5 Å². The van der Waals surface area contributed by atoms with Crippen LogP contribution in [0.5, 0.6) is 0 Å². The summed E-state index contributed by atoms with van der Waals surface area (Å²) in [5.74, 6) is -4.16. The third kappa shape index (κ3) is 8.80. The van der Waals surface area contributed by atoms with Crippen LogP contribution in [0.3, 0.4) is 0 Å². The molecule has 4 rings (SSSR count). The molecule has 0 heterocycles. The lowest BCUT2D eigenvalue weighted by Gasteiger charge is -2.17. The van der Waals surface area contributed by atoms with Crippen molar-refractivity contribution in [1.82, 2.24) is 0 Å². The monoisotopic (exact) mass is 626 g/mol. The van der Waals surface area contributed by atoms with Gasteiger partial charge in [-0.2, -0.15) is 0 Å². The number of rotatable bonds is 13. The number of nitrogens with one attached hydrogen (secondary N) is 2. The first kappa shape index (κ1) is 32.5. The predicted molar refractivity (Wildman–Crippen MR) is 170 cm³/mol. The smallest absolute Gasteiger partial charge is 0.338 e. The maximum Gasteiger partial charge on any atom is 0.338 e. The Balaban J connectivity index is 1.46.